The molecular weight excluding hydrogens is 369 g/mol. The summed E-state index contributed by atoms with van der Waals surface area (Å²) in [5, 5.41) is 2.88. The normalized spacial score (nSPS) is 12.9. The molecule has 5 nitrogen and oxygen atoms in total. The van der Waals surface area contributed by atoms with E-state index in [0.717, 1.165) is 29.7 Å². The molecule has 2 amide bonds. The fraction of sp³-hybridized carbons (Fsp3) is 0.174. The van der Waals surface area contributed by atoms with Crippen LogP contribution in [0.4, 0.5) is 15.8 Å². The number of nitrogens with zero attached hydrogens (tertiary/aromatic N) is 2. The first-order chi connectivity index (χ1) is 14.1. The molecule has 0 aliphatic carbocycles. The molecule has 0 unspecified atom stereocenters. The molecule has 0 saturated carbocycles. The number of rotatable bonds is 4. The fourth-order valence-corrected chi connectivity index (χ4v) is 3.52. The van der Waals surface area contributed by atoms with Crippen LogP contribution in [0.1, 0.15) is 27.9 Å². The van der Waals surface area contributed by atoms with Crippen molar-refractivity contribution in [1.82, 2.24) is 4.98 Å². The van der Waals surface area contributed by atoms with E-state index in [4.69, 9.17) is 0 Å². The van der Waals surface area contributed by atoms with E-state index in [1.165, 1.54) is 12.1 Å². The molecular formula is C23H20FN3O2. The number of fused-ring (bicyclic) bond motifs is 1. The lowest BCUT2D eigenvalue weighted by molar-refractivity contribution is -0.115. The van der Waals surface area contributed by atoms with Gasteiger partial charge in [0.25, 0.3) is 5.91 Å². The number of nitrogens with one attached hydrogen (secondary N) is 1. The quantitative estimate of drug-likeness (QED) is 0.734. The standard InChI is InChI=1S/C23H20FN3O2/c24-19-7-5-16(6-8-19)13-22(28)26-20-9-10-21-17(14-20)4-2-12-27(21)23(29)18-3-1-11-25-15-18/h1,3,5-11,14-15H,2,4,12-13H2,(H,26,28). The zero-order valence-corrected chi connectivity index (χ0v) is 15.8. The topological polar surface area (TPSA) is 62.3 Å². The van der Waals surface area contributed by atoms with Crippen LogP contribution in [0.15, 0.2) is 67.0 Å². The molecule has 2 aromatic carbocycles. The first-order valence-electron chi connectivity index (χ1n) is 9.49. The molecule has 4 rings (SSSR count). The molecule has 1 aromatic heterocycles. The zero-order chi connectivity index (χ0) is 20.2. The van der Waals surface area contributed by atoms with Gasteiger partial charge in [0.15, 0.2) is 0 Å². The fourth-order valence-electron chi connectivity index (χ4n) is 3.52. The molecule has 1 N–H and O–H groups in total. The maximum absolute atomic E-state index is 13.0. The number of amides is 2. The van der Waals surface area contributed by atoms with Crippen LogP contribution in [0.2, 0.25) is 0 Å². The Balaban J connectivity index is 1.48. The molecule has 0 atom stereocenters. The second-order valence-electron chi connectivity index (χ2n) is 7.00. The van der Waals surface area contributed by atoms with Crippen LogP contribution < -0.4 is 10.2 Å². The molecule has 146 valence electrons. The van der Waals surface area contributed by atoms with Gasteiger partial charge < -0.3 is 10.2 Å². The molecule has 0 spiro atoms. The van der Waals surface area contributed by atoms with Crippen molar-refractivity contribution in [3.63, 3.8) is 0 Å². The summed E-state index contributed by atoms with van der Waals surface area (Å²) >= 11 is 0. The second-order valence-corrected chi connectivity index (χ2v) is 7.00. The Hall–Kier alpha value is -3.54. The maximum atomic E-state index is 13.0. The lowest BCUT2D eigenvalue weighted by Gasteiger charge is -2.30. The van der Waals surface area contributed by atoms with Gasteiger partial charge in [0.1, 0.15) is 5.82 Å². The molecule has 6 heteroatoms. The highest BCUT2D eigenvalue weighted by Crippen LogP contribution is 2.30. The van der Waals surface area contributed by atoms with Crippen LogP contribution in [0.25, 0.3) is 0 Å². The number of hydrogen-bond donors (Lipinski definition) is 1. The third kappa shape index (κ3) is 4.32. The molecule has 0 saturated heterocycles. The summed E-state index contributed by atoms with van der Waals surface area (Å²) < 4.78 is 13.0. The highest BCUT2D eigenvalue weighted by molar-refractivity contribution is 6.06. The van der Waals surface area contributed by atoms with Gasteiger partial charge in [-0.1, -0.05) is 12.1 Å². The zero-order valence-electron chi connectivity index (χ0n) is 15.8. The number of benzene rings is 2. The lowest BCUT2D eigenvalue weighted by Crippen LogP contribution is -2.35. The third-order valence-corrected chi connectivity index (χ3v) is 4.91. The number of pyridine rings is 1. The lowest BCUT2D eigenvalue weighted by atomic mass is 10.00. The van der Waals surface area contributed by atoms with Gasteiger partial charge in [-0.15, -0.1) is 0 Å². The Bertz CT molecular complexity index is 1040. The summed E-state index contributed by atoms with van der Waals surface area (Å²) in [6, 6.07) is 15.0. The Morgan fingerprint density at radius 2 is 1.93 bits per heavy atom. The summed E-state index contributed by atoms with van der Waals surface area (Å²) in [5.74, 6) is -0.572. The highest BCUT2D eigenvalue weighted by atomic mass is 19.1. The Morgan fingerprint density at radius 1 is 1.10 bits per heavy atom. The molecule has 2 heterocycles. The van der Waals surface area contributed by atoms with E-state index in [-0.39, 0.29) is 24.1 Å². The Labute approximate surface area is 168 Å². The average molecular weight is 389 g/mol. The molecule has 1 aliphatic heterocycles. The van der Waals surface area contributed by atoms with Gasteiger partial charge in [-0.2, -0.15) is 0 Å². The minimum atomic E-state index is -0.325. The van der Waals surface area contributed by atoms with Gasteiger partial charge in [0.05, 0.1) is 12.0 Å². The van der Waals surface area contributed by atoms with E-state index >= 15 is 0 Å². The minimum Gasteiger partial charge on any atom is -0.326 e. The van der Waals surface area contributed by atoms with E-state index in [2.05, 4.69) is 10.3 Å². The summed E-state index contributed by atoms with van der Waals surface area (Å²) in [5.41, 5.74) is 3.87. The van der Waals surface area contributed by atoms with Crippen LogP contribution in [-0.4, -0.2) is 23.3 Å². The summed E-state index contributed by atoms with van der Waals surface area (Å²) in [4.78, 5) is 30.9. The molecule has 1 aliphatic rings. The van der Waals surface area contributed by atoms with Gasteiger partial charge in [0.2, 0.25) is 5.91 Å². The van der Waals surface area contributed by atoms with E-state index in [0.29, 0.717) is 17.8 Å². The summed E-state index contributed by atoms with van der Waals surface area (Å²) in [6.45, 7) is 0.650. The first-order valence-corrected chi connectivity index (χ1v) is 9.49. The number of hydrogen-bond acceptors (Lipinski definition) is 3. The third-order valence-electron chi connectivity index (χ3n) is 4.91. The number of carbonyl (C=O) groups excluding carboxylic acids is 2. The predicted molar refractivity (Wildman–Crippen MR) is 109 cm³/mol. The van der Waals surface area contributed by atoms with Gasteiger partial charge in [-0.05, 0) is 66.4 Å². The van der Waals surface area contributed by atoms with E-state index in [1.807, 2.05) is 12.1 Å². The van der Waals surface area contributed by atoms with Crippen molar-refractivity contribution in [2.24, 2.45) is 0 Å². The van der Waals surface area contributed by atoms with Crippen LogP contribution in [0.5, 0.6) is 0 Å². The van der Waals surface area contributed by atoms with Crippen molar-refractivity contribution in [2.45, 2.75) is 19.3 Å². The summed E-state index contributed by atoms with van der Waals surface area (Å²) in [7, 11) is 0. The van der Waals surface area contributed by atoms with Crippen molar-refractivity contribution in [1.29, 1.82) is 0 Å². The largest absolute Gasteiger partial charge is 0.326 e. The van der Waals surface area contributed by atoms with Crippen molar-refractivity contribution in [3.8, 4) is 0 Å². The van der Waals surface area contributed by atoms with E-state index in [1.54, 1.807) is 47.6 Å². The predicted octanol–water partition coefficient (Wildman–Crippen LogP) is 3.99. The number of aryl methyl sites for hydroxylation is 1. The van der Waals surface area contributed by atoms with Crippen molar-refractivity contribution < 1.29 is 14.0 Å². The smallest absolute Gasteiger partial charge is 0.259 e. The SMILES string of the molecule is O=C(Cc1ccc(F)cc1)Nc1ccc2c(c1)CCCN2C(=O)c1cccnc1. The van der Waals surface area contributed by atoms with Crippen LogP contribution in [0.3, 0.4) is 0 Å². The van der Waals surface area contributed by atoms with Gasteiger partial charge >= 0.3 is 0 Å². The number of aromatic nitrogens is 1. The van der Waals surface area contributed by atoms with Gasteiger partial charge in [-0.25, -0.2) is 4.39 Å². The summed E-state index contributed by atoms with van der Waals surface area (Å²) in [6.07, 6.45) is 5.07. The monoisotopic (exact) mass is 389 g/mol. The van der Waals surface area contributed by atoms with Gasteiger partial charge in [0, 0.05) is 30.3 Å². The number of carbonyl (C=O) groups is 2. The van der Waals surface area contributed by atoms with Crippen LogP contribution in [0, 0.1) is 5.82 Å². The Kier molecular flexibility index (Phi) is 5.33. The van der Waals surface area contributed by atoms with Gasteiger partial charge in [-0.3, -0.25) is 14.6 Å². The number of anilines is 2. The Morgan fingerprint density at radius 3 is 2.69 bits per heavy atom. The molecule has 0 fully saturated rings. The maximum Gasteiger partial charge on any atom is 0.259 e. The number of halogens is 1. The second kappa shape index (κ2) is 8.22. The van der Waals surface area contributed by atoms with Crippen LogP contribution in [-0.2, 0) is 17.6 Å². The molecule has 3 aromatic rings. The molecule has 29 heavy (non-hydrogen) atoms. The molecule has 0 radical (unpaired) electrons. The van der Waals surface area contributed by atoms with Crippen molar-refractivity contribution in [2.75, 3.05) is 16.8 Å². The van der Waals surface area contributed by atoms with E-state index in [9.17, 15) is 14.0 Å². The average Bonchev–Trinajstić information content (AvgIpc) is 2.75. The van der Waals surface area contributed by atoms with Crippen molar-refractivity contribution >= 4 is 23.2 Å². The minimum absolute atomic E-state index is 0.0767. The van der Waals surface area contributed by atoms with Crippen molar-refractivity contribution in [3.05, 3.63) is 89.5 Å². The highest BCUT2D eigenvalue weighted by Gasteiger charge is 2.24. The van der Waals surface area contributed by atoms with Crippen LogP contribution >= 0.6 is 0 Å². The molecule has 0 bridgehead atoms. The van der Waals surface area contributed by atoms with E-state index < -0.39 is 0 Å². The first kappa shape index (κ1) is 18.8.